The standard InChI is InChI=1S/C20H28N4O3S/c1-4-27-20(26)24-11-9-15(10-12-24)21-18(25)13-23(3)14(2)19-22-16-7-5-6-8-17(16)28-19/h5-8,14-15H,4,9-13H2,1-3H3,(H,21,25)/t14-/m1/s1. The van der Waals surface area contributed by atoms with Crippen molar-refractivity contribution in [3.8, 4) is 0 Å². The first-order valence-corrected chi connectivity index (χ1v) is 10.6. The van der Waals surface area contributed by atoms with Crippen LogP contribution in [0.3, 0.4) is 0 Å². The molecule has 1 aromatic carbocycles. The van der Waals surface area contributed by atoms with Crippen LogP contribution in [0.2, 0.25) is 0 Å². The van der Waals surface area contributed by atoms with E-state index in [1.165, 1.54) is 0 Å². The third kappa shape index (κ3) is 4.99. The van der Waals surface area contributed by atoms with Gasteiger partial charge in [0.15, 0.2) is 0 Å². The Kier molecular flexibility index (Phi) is 6.85. The summed E-state index contributed by atoms with van der Waals surface area (Å²) >= 11 is 1.67. The van der Waals surface area contributed by atoms with Gasteiger partial charge in [-0.25, -0.2) is 9.78 Å². The molecule has 2 heterocycles. The van der Waals surface area contributed by atoms with E-state index in [0.717, 1.165) is 28.1 Å². The summed E-state index contributed by atoms with van der Waals surface area (Å²) in [7, 11) is 1.94. The van der Waals surface area contributed by atoms with Gasteiger partial charge < -0.3 is 15.0 Å². The normalized spacial score (nSPS) is 16.4. The summed E-state index contributed by atoms with van der Waals surface area (Å²) in [5, 5.41) is 4.11. The van der Waals surface area contributed by atoms with E-state index in [1.807, 2.05) is 30.1 Å². The first-order valence-electron chi connectivity index (χ1n) is 9.74. The van der Waals surface area contributed by atoms with Crippen molar-refractivity contribution in [2.75, 3.05) is 33.3 Å². The van der Waals surface area contributed by atoms with Gasteiger partial charge in [0.25, 0.3) is 0 Å². The summed E-state index contributed by atoms with van der Waals surface area (Å²) in [6, 6.07) is 8.24. The Hall–Kier alpha value is -2.19. The van der Waals surface area contributed by atoms with Gasteiger partial charge >= 0.3 is 6.09 Å². The third-order valence-electron chi connectivity index (χ3n) is 5.11. The second-order valence-corrected chi connectivity index (χ2v) is 8.20. The molecule has 0 unspecified atom stereocenters. The average molecular weight is 405 g/mol. The number of benzene rings is 1. The van der Waals surface area contributed by atoms with Crippen LogP contribution in [0.1, 0.15) is 37.7 Å². The molecule has 0 radical (unpaired) electrons. The molecule has 0 saturated carbocycles. The minimum Gasteiger partial charge on any atom is -0.450 e. The number of carbonyl (C=O) groups excluding carboxylic acids is 2. The van der Waals surface area contributed by atoms with Gasteiger partial charge in [0.05, 0.1) is 29.4 Å². The number of ether oxygens (including phenoxy) is 1. The van der Waals surface area contributed by atoms with Gasteiger partial charge in [-0.3, -0.25) is 9.69 Å². The number of likely N-dealkylation sites (N-methyl/N-ethyl adjacent to an activating group) is 1. The highest BCUT2D eigenvalue weighted by atomic mass is 32.1. The average Bonchev–Trinajstić information content (AvgIpc) is 3.12. The lowest BCUT2D eigenvalue weighted by Gasteiger charge is -2.32. The Morgan fingerprint density at radius 2 is 2.07 bits per heavy atom. The highest BCUT2D eigenvalue weighted by Gasteiger charge is 2.25. The van der Waals surface area contributed by atoms with Crippen molar-refractivity contribution in [1.82, 2.24) is 20.1 Å². The van der Waals surface area contributed by atoms with Gasteiger partial charge in [-0.05, 0) is 45.9 Å². The third-order valence-corrected chi connectivity index (χ3v) is 6.31. The SMILES string of the molecule is CCOC(=O)N1CCC(NC(=O)CN(C)[C@H](C)c2nc3ccccc3s2)CC1. The quantitative estimate of drug-likeness (QED) is 0.801. The maximum Gasteiger partial charge on any atom is 0.409 e. The van der Waals surface area contributed by atoms with Gasteiger partial charge in [0.1, 0.15) is 5.01 Å². The molecular weight excluding hydrogens is 376 g/mol. The number of para-hydroxylation sites is 1. The number of hydrogen-bond donors (Lipinski definition) is 1. The van der Waals surface area contributed by atoms with Crippen LogP contribution in [-0.2, 0) is 9.53 Å². The van der Waals surface area contributed by atoms with Crippen LogP contribution in [0.25, 0.3) is 10.2 Å². The maximum absolute atomic E-state index is 12.5. The summed E-state index contributed by atoms with van der Waals surface area (Å²) in [4.78, 5) is 32.6. The molecule has 1 aliphatic rings. The molecule has 152 valence electrons. The van der Waals surface area contributed by atoms with Crippen molar-refractivity contribution < 1.29 is 14.3 Å². The van der Waals surface area contributed by atoms with Gasteiger partial charge in [-0.2, -0.15) is 0 Å². The van der Waals surface area contributed by atoms with E-state index >= 15 is 0 Å². The first kappa shape index (κ1) is 20.5. The number of piperidine rings is 1. The zero-order valence-electron chi connectivity index (χ0n) is 16.7. The lowest BCUT2D eigenvalue weighted by molar-refractivity contribution is -0.123. The number of hydrogen-bond acceptors (Lipinski definition) is 6. The van der Waals surface area contributed by atoms with Crippen molar-refractivity contribution >= 4 is 33.6 Å². The lowest BCUT2D eigenvalue weighted by atomic mass is 10.1. The lowest BCUT2D eigenvalue weighted by Crippen LogP contribution is -2.48. The monoisotopic (exact) mass is 404 g/mol. The van der Waals surface area contributed by atoms with Crippen LogP contribution in [0.15, 0.2) is 24.3 Å². The number of rotatable bonds is 6. The molecule has 1 saturated heterocycles. The maximum atomic E-state index is 12.5. The van der Waals surface area contributed by atoms with Crippen LogP contribution in [0.5, 0.6) is 0 Å². The van der Waals surface area contributed by atoms with E-state index in [4.69, 9.17) is 9.72 Å². The summed E-state index contributed by atoms with van der Waals surface area (Å²) < 4.78 is 6.19. The summed E-state index contributed by atoms with van der Waals surface area (Å²) in [6.45, 7) is 5.80. The van der Waals surface area contributed by atoms with Crippen molar-refractivity contribution in [3.63, 3.8) is 0 Å². The molecule has 1 aromatic heterocycles. The largest absolute Gasteiger partial charge is 0.450 e. The molecule has 7 nitrogen and oxygen atoms in total. The zero-order chi connectivity index (χ0) is 20.1. The van der Waals surface area contributed by atoms with Gasteiger partial charge in [-0.15, -0.1) is 11.3 Å². The van der Waals surface area contributed by atoms with Gasteiger partial charge in [0.2, 0.25) is 5.91 Å². The Morgan fingerprint density at radius 1 is 1.36 bits per heavy atom. The van der Waals surface area contributed by atoms with Gasteiger partial charge in [-0.1, -0.05) is 12.1 Å². The van der Waals surface area contributed by atoms with E-state index in [1.54, 1.807) is 23.2 Å². The molecule has 0 bridgehead atoms. The highest BCUT2D eigenvalue weighted by Crippen LogP contribution is 2.28. The number of amides is 2. The van der Waals surface area contributed by atoms with Crippen molar-refractivity contribution in [2.24, 2.45) is 0 Å². The molecule has 0 spiro atoms. The van der Waals surface area contributed by atoms with Crippen LogP contribution in [-0.4, -0.2) is 66.1 Å². The number of fused-ring (bicyclic) bond motifs is 1. The Labute approximate surface area is 169 Å². The minimum absolute atomic E-state index is 0.00467. The molecule has 1 aliphatic heterocycles. The Balaban J connectivity index is 1.47. The molecular formula is C20H28N4O3S. The Morgan fingerprint density at radius 3 is 2.75 bits per heavy atom. The molecule has 3 rings (SSSR count). The van der Waals surface area contributed by atoms with Crippen LogP contribution < -0.4 is 5.32 Å². The zero-order valence-corrected chi connectivity index (χ0v) is 17.5. The summed E-state index contributed by atoms with van der Waals surface area (Å²) in [5.41, 5.74) is 1.00. The topological polar surface area (TPSA) is 74.8 Å². The highest BCUT2D eigenvalue weighted by molar-refractivity contribution is 7.18. The van der Waals surface area contributed by atoms with Crippen molar-refractivity contribution in [1.29, 1.82) is 0 Å². The molecule has 2 amide bonds. The molecule has 0 aliphatic carbocycles. The predicted molar refractivity (Wildman–Crippen MR) is 110 cm³/mol. The smallest absolute Gasteiger partial charge is 0.409 e. The molecule has 8 heteroatoms. The number of likely N-dealkylation sites (tertiary alicyclic amines) is 1. The van der Waals surface area contributed by atoms with Crippen molar-refractivity contribution in [3.05, 3.63) is 29.3 Å². The van der Waals surface area contributed by atoms with E-state index in [-0.39, 0.29) is 24.1 Å². The minimum atomic E-state index is -0.267. The fourth-order valence-corrected chi connectivity index (χ4v) is 4.40. The number of nitrogens with zero attached hydrogens (tertiary/aromatic N) is 3. The predicted octanol–water partition coefficient (Wildman–Crippen LogP) is 3.03. The van der Waals surface area contributed by atoms with Crippen LogP contribution in [0, 0.1) is 0 Å². The van der Waals surface area contributed by atoms with E-state index in [9.17, 15) is 9.59 Å². The number of carbonyl (C=O) groups is 2. The van der Waals surface area contributed by atoms with Crippen LogP contribution in [0.4, 0.5) is 4.79 Å². The molecule has 28 heavy (non-hydrogen) atoms. The molecule has 1 fully saturated rings. The Bertz CT molecular complexity index is 784. The number of thiazole rings is 1. The fraction of sp³-hybridized carbons (Fsp3) is 0.550. The van der Waals surface area contributed by atoms with E-state index in [0.29, 0.717) is 26.2 Å². The number of nitrogens with one attached hydrogen (secondary N) is 1. The van der Waals surface area contributed by atoms with Crippen molar-refractivity contribution in [2.45, 2.75) is 38.8 Å². The van der Waals surface area contributed by atoms with E-state index < -0.39 is 0 Å². The molecule has 1 N–H and O–H groups in total. The summed E-state index contributed by atoms with van der Waals surface area (Å²) in [5.74, 6) is 0.00467. The number of aromatic nitrogens is 1. The second kappa shape index (κ2) is 9.34. The van der Waals surface area contributed by atoms with Gasteiger partial charge in [0, 0.05) is 19.1 Å². The fourth-order valence-electron chi connectivity index (χ4n) is 3.32. The molecule has 1 atom stereocenters. The van der Waals surface area contributed by atoms with Crippen LogP contribution >= 0.6 is 11.3 Å². The first-order chi connectivity index (χ1) is 13.5. The second-order valence-electron chi connectivity index (χ2n) is 7.14. The molecule has 2 aromatic rings. The van der Waals surface area contributed by atoms with E-state index in [2.05, 4.69) is 18.3 Å². The summed E-state index contributed by atoms with van der Waals surface area (Å²) in [6.07, 6.45) is 1.24.